The van der Waals surface area contributed by atoms with Crippen molar-refractivity contribution in [1.82, 2.24) is 9.97 Å². The van der Waals surface area contributed by atoms with Gasteiger partial charge in [0.25, 0.3) is 0 Å². The van der Waals surface area contributed by atoms with E-state index in [-0.39, 0.29) is 0 Å². The summed E-state index contributed by atoms with van der Waals surface area (Å²) >= 11 is 7.88. The summed E-state index contributed by atoms with van der Waals surface area (Å²) in [6.07, 6.45) is 0. The molecule has 0 atom stereocenters. The van der Waals surface area contributed by atoms with Crippen LogP contribution in [0.5, 0.6) is 0 Å². The monoisotopic (exact) mass is 277 g/mol. The van der Waals surface area contributed by atoms with Crippen molar-refractivity contribution in [3.8, 4) is 11.4 Å². The molecule has 92 valence electrons. The Labute approximate surface area is 115 Å². The van der Waals surface area contributed by atoms with Crippen LogP contribution in [0.15, 0.2) is 24.3 Å². The van der Waals surface area contributed by atoms with Crippen molar-refractivity contribution in [1.29, 1.82) is 0 Å². The van der Waals surface area contributed by atoms with E-state index in [9.17, 15) is 0 Å². The number of nitrogens with one attached hydrogen (secondary N) is 1. The van der Waals surface area contributed by atoms with Gasteiger partial charge in [-0.15, -0.1) is 0 Å². The topological polar surface area (TPSA) is 37.8 Å². The second kappa shape index (κ2) is 4.78. The Hall–Kier alpha value is -1.26. The van der Waals surface area contributed by atoms with E-state index in [0.717, 1.165) is 34.4 Å². The van der Waals surface area contributed by atoms with E-state index < -0.39 is 0 Å². The molecule has 0 unspecified atom stereocenters. The first-order chi connectivity index (χ1) is 8.78. The van der Waals surface area contributed by atoms with Crippen LogP contribution in [0.2, 0.25) is 5.02 Å². The van der Waals surface area contributed by atoms with Crippen molar-refractivity contribution >= 4 is 29.2 Å². The van der Waals surface area contributed by atoms with E-state index in [2.05, 4.69) is 15.3 Å². The predicted molar refractivity (Wildman–Crippen MR) is 77.0 cm³/mol. The molecule has 1 aliphatic heterocycles. The van der Waals surface area contributed by atoms with Crippen LogP contribution in [0, 0.1) is 0 Å². The first kappa shape index (κ1) is 11.8. The molecule has 0 bridgehead atoms. The summed E-state index contributed by atoms with van der Waals surface area (Å²) < 4.78 is 0. The lowest BCUT2D eigenvalue weighted by molar-refractivity contribution is 1.07. The minimum atomic E-state index is 0.706. The number of aromatic nitrogens is 2. The highest BCUT2D eigenvalue weighted by Crippen LogP contribution is 2.34. The highest BCUT2D eigenvalue weighted by molar-refractivity contribution is 7.98. The van der Waals surface area contributed by atoms with Gasteiger partial charge in [0.15, 0.2) is 5.82 Å². The number of hydrogen-bond donors (Lipinski definition) is 1. The van der Waals surface area contributed by atoms with E-state index in [1.165, 1.54) is 5.56 Å². The third-order valence-corrected chi connectivity index (χ3v) is 4.10. The number of halogens is 1. The molecule has 18 heavy (non-hydrogen) atoms. The number of nitrogens with zero attached hydrogens (tertiary/aromatic N) is 2. The van der Waals surface area contributed by atoms with Crippen molar-refractivity contribution in [2.45, 2.75) is 11.5 Å². The summed E-state index contributed by atoms with van der Waals surface area (Å²) in [6, 6.07) is 7.65. The summed E-state index contributed by atoms with van der Waals surface area (Å²) in [5.41, 5.74) is 3.32. The second-order valence-corrected chi connectivity index (χ2v) is 5.50. The van der Waals surface area contributed by atoms with E-state index in [1.54, 1.807) is 0 Å². The zero-order chi connectivity index (χ0) is 12.5. The molecule has 0 fully saturated rings. The predicted octanol–water partition coefficient (Wildman–Crippen LogP) is 3.59. The summed E-state index contributed by atoms with van der Waals surface area (Å²) in [6.45, 7) is 0. The molecule has 1 aromatic heterocycles. The van der Waals surface area contributed by atoms with Crippen molar-refractivity contribution in [3.63, 3.8) is 0 Å². The van der Waals surface area contributed by atoms with Gasteiger partial charge in [0.1, 0.15) is 5.82 Å². The van der Waals surface area contributed by atoms with Crippen LogP contribution in [-0.2, 0) is 11.5 Å². The zero-order valence-electron chi connectivity index (χ0n) is 9.90. The molecule has 1 aliphatic rings. The number of hydrogen-bond acceptors (Lipinski definition) is 4. The maximum absolute atomic E-state index is 6.01. The van der Waals surface area contributed by atoms with Gasteiger partial charge in [0.05, 0.1) is 5.69 Å². The molecule has 0 radical (unpaired) electrons. The maximum atomic E-state index is 6.01. The smallest absolute Gasteiger partial charge is 0.161 e. The van der Waals surface area contributed by atoms with Gasteiger partial charge in [0, 0.05) is 34.7 Å². The molecular weight excluding hydrogens is 266 g/mol. The van der Waals surface area contributed by atoms with E-state index in [1.807, 2.05) is 43.1 Å². The Morgan fingerprint density at radius 2 is 2.17 bits per heavy atom. The lowest BCUT2D eigenvalue weighted by atomic mass is 10.2. The number of fused-ring (bicyclic) bond motifs is 1. The van der Waals surface area contributed by atoms with Crippen molar-refractivity contribution < 1.29 is 0 Å². The Balaban J connectivity index is 2.13. The number of benzene rings is 1. The van der Waals surface area contributed by atoms with E-state index >= 15 is 0 Å². The third kappa shape index (κ3) is 2.06. The SMILES string of the molecule is CNc1nc(-c2cccc(Cl)c2)nc2c1CSC2. The lowest BCUT2D eigenvalue weighted by Gasteiger charge is -2.09. The molecule has 0 saturated carbocycles. The van der Waals surface area contributed by atoms with Crippen LogP contribution in [0.25, 0.3) is 11.4 Å². The molecule has 3 nitrogen and oxygen atoms in total. The van der Waals surface area contributed by atoms with Crippen molar-refractivity contribution in [2.24, 2.45) is 0 Å². The molecule has 0 saturated heterocycles. The van der Waals surface area contributed by atoms with Gasteiger partial charge in [-0.1, -0.05) is 23.7 Å². The molecule has 2 heterocycles. The van der Waals surface area contributed by atoms with Gasteiger partial charge in [-0.2, -0.15) is 11.8 Å². The highest BCUT2D eigenvalue weighted by Gasteiger charge is 2.19. The molecule has 5 heteroatoms. The largest absolute Gasteiger partial charge is 0.373 e. The molecule has 1 N–H and O–H groups in total. The Bertz CT molecular complexity index is 601. The Morgan fingerprint density at radius 3 is 2.94 bits per heavy atom. The summed E-state index contributed by atoms with van der Waals surface area (Å²) in [4.78, 5) is 9.22. The van der Waals surface area contributed by atoms with Gasteiger partial charge in [0.2, 0.25) is 0 Å². The van der Waals surface area contributed by atoms with Crippen molar-refractivity contribution in [2.75, 3.05) is 12.4 Å². The van der Waals surface area contributed by atoms with Gasteiger partial charge < -0.3 is 5.32 Å². The molecule has 2 aromatic rings. The first-order valence-electron chi connectivity index (χ1n) is 5.69. The minimum absolute atomic E-state index is 0.706. The lowest BCUT2D eigenvalue weighted by Crippen LogP contribution is -2.03. The highest BCUT2D eigenvalue weighted by atomic mass is 35.5. The maximum Gasteiger partial charge on any atom is 0.161 e. The molecule has 1 aromatic carbocycles. The average Bonchev–Trinajstić information content (AvgIpc) is 2.85. The molecule has 0 aliphatic carbocycles. The molecule has 3 rings (SSSR count). The molecular formula is C13H12ClN3S. The summed E-state index contributed by atoms with van der Waals surface area (Å²) in [7, 11) is 1.90. The number of thioether (sulfide) groups is 1. The minimum Gasteiger partial charge on any atom is -0.373 e. The van der Waals surface area contributed by atoms with Crippen LogP contribution < -0.4 is 5.32 Å². The fraction of sp³-hybridized carbons (Fsp3) is 0.231. The van der Waals surface area contributed by atoms with E-state index in [4.69, 9.17) is 11.6 Å². The Kier molecular flexibility index (Phi) is 3.14. The zero-order valence-corrected chi connectivity index (χ0v) is 11.5. The summed E-state index contributed by atoms with van der Waals surface area (Å²) in [5, 5.41) is 3.86. The van der Waals surface area contributed by atoms with Crippen LogP contribution in [0.4, 0.5) is 5.82 Å². The Morgan fingerprint density at radius 1 is 1.28 bits per heavy atom. The molecule has 0 spiro atoms. The standard InChI is InChI=1S/C13H12ClN3S/c1-15-13-10-6-18-7-11(10)16-12(17-13)8-3-2-4-9(14)5-8/h2-5H,6-7H2,1H3,(H,15,16,17). The van der Waals surface area contributed by atoms with Crippen molar-refractivity contribution in [3.05, 3.63) is 40.5 Å². The fourth-order valence-electron chi connectivity index (χ4n) is 2.01. The number of anilines is 1. The van der Waals surface area contributed by atoms with Crippen LogP contribution in [0.1, 0.15) is 11.3 Å². The fourth-order valence-corrected chi connectivity index (χ4v) is 3.25. The van der Waals surface area contributed by atoms with E-state index in [0.29, 0.717) is 5.02 Å². The van der Waals surface area contributed by atoms with Crippen LogP contribution >= 0.6 is 23.4 Å². The van der Waals surface area contributed by atoms with Gasteiger partial charge >= 0.3 is 0 Å². The van der Waals surface area contributed by atoms with Gasteiger partial charge in [-0.05, 0) is 12.1 Å². The molecule has 0 amide bonds. The van der Waals surface area contributed by atoms with Crippen LogP contribution in [-0.4, -0.2) is 17.0 Å². The van der Waals surface area contributed by atoms with Gasteiger partial charge in [-0.3, -0.25) is 0 Å². The number of rotatable bonds is 2. The van der Waals surface area contributed by atoms with Crippen LogP contribution in [0.3, 0.4) is 0 Å². The summed E-state index contributed by atoms with van der Waals surface area (Å²) in [5.74, 6) is 3.62. The van der Waals surface area contributed by atoms with Gasteiger partial charge in [-0.25, -0.2) is 9.97 Å². The normalized spacial score (nSPS) is 13.4. The third-order valence-electron chi connectivity index (χ3n) is 2.90. The second-order valence-electron chi connectivity index (χ2n) is 4.07. The quantitative estimate of drug-likeness (QED) is 0.910. The first-order valence-corrected chi connectivity index (χ1v) is 7.22. The average molecular weight is 278 g/mol.